The fourth-order valence-electron chi connectivity index (χ4n) is 1.76. The van der Waals surface area contributed by atoms with Crippen LogP contribution in [-0.4, -0.2) is 29.9 Å². The molecule has 20 heavy (non-hydrogen) atoms. The van der Waals surface area contributed by atoms with Gasteiger partial charge in [-0.15, -0.1) is 21.5 Å². The molecule has 1 N–H and O–H groups in total. The number of rotatable bonds is 9. The number of hydrogen-bond acceptors (Lipinski definition) is 5. The highest BCUT2D eigenvalue weighted by atomic mass is 32.1. The van der Waals surface area contributed by atoms with Gasteiger partial charge in [-0.1, -0.05) is 25.1 Å². The number of nitrogens with one attached hydrogen (secondary N) is 1. The maximum absolute atomic E-state index is 5.66. The molecule has 2 rings (SSSR count). The lowest BCUT2D eigenvalue weighted by molar-refractivity contribution is 0.321. The number of para-hydroxylation sites is 1. The Kier molecular flexibility index (Phi) is 6.47. The van der Waals surface area contributed by atoms with E-state index in [9.17, 15) is 0 Å². The first-order chi connectivity index (χ1) is 9.88. The van der Waals surface area contributed by atoms with Crippen molar-refractivity contribution >= 4 is 11.3 Å². The Balaban J connectivity index is 1.67. The molecule has 4 nitrogen and oxygen atoms in total. The van der Waals surface area contributed by atoms with E-state index in [-0.39, 0.29) is 0 Å². The van der Waals surface area contributed by atoms with Gasteiger partial charge in [0, 0.05) is 19.4 Å². The van der Waals surface area contributed by atoms with E-state index in [0.29, 0.717) is 6.61 Å². The summed E-state index contributed by atoms with van der Waals surface area (Å²) >= 11 is 1.68. The van der Waals surface area contributed by atoms with Crippen LogP contribution in [0.15, 0.2) is 30.3 Å². The summed E-state index contributed by atoms with van der Waals surface area (Å²) in [6.07, 6.45) is 2.93. The first kappa shape index (κ1) is 14.9. The molecule has 0 amide bonds. The summed E-state index contributed by atoms with van der Waals surface area (Å²) in [5.74, 6) is 0.904. The van der Waals surface area contributed by atoms with Crippen LogP contribution < -0.4 is 10.1 Å². The average Bonchev–Trinajstić information content (AvgIpc) is 2.93. The third kappa shape index (κ3) is 5.27. The Bertz CT molecular complexity index is 487. The predicted molar refractivity (Wildman–Crippen MR) is 82.4 cm³/mol. The van der Waals surface area contributed by atoms with Gasteiger partial charge < -0.3 is 10.1 Å². The quantitative estimate of drug-likeness (QED) is 0.722. The minimum atomic E-state index is 0.646. The molecule has 5 heteroatoms. The van der Waals surface area contributed by atoms with Crippen LogP contribution in [0.1, 0.15) is 23.4 Å². The zero-order valence-corrected chi connectivity index (χ0v) is 12.7. The monoisotopic (exact) mass is 291 g/mol. The third-order valence-electron chi connectivity index (χ3n) is 2.78. The maximum atomic E-state index is 5.66. The zero-order valence-electron chi connectivity index (χ0n) is 11.8. The van der Waals surface area contributed by atoms with E-state index in [4.69, 9.17) is 4.74 Å². The van der Waals surface area contributed by atoms with E-state index in [1.165, 1.54) is 0 Å². The average molecular weight is 291 g/mol. The van der Waals surface area contributed by atoms with Crippen molar-refractivity contribution in [2.24, 2.45) is 0 Å². The van der Waals surface area contributed by atoms with Gasteiger partial charge in [0.15, 0.2) is 0 Å². The molecule has 0 aliphatic carbocycles. The smallest absolute Gasteiger partial charge is 0.120 e. The molecule has 0 bridgehead atoms. The van der Waals surface area contributed by atoms with Crippen molar-refractivity contribution in [3.05, 3.63) is 40.3 Å². The van der Waals surface area contributed by atoms with Gasteiger partial charge >= 0.3 is 0 Å². The van der Waals surface area contributed by atoms with Gasteiger partial charge in [-0.25, -0.2) is 0 Å². The van der Waals surface area contributed by atoms with Gasteiger partial charge in [0.05, 0.1) is 6.61 Å². The Morgan fingerprint density at radius 1 is 1.05 bits per heavy atom. The molecule has 1 aromatic heterocycles. The Morgan fingerprint density at radius 3 is 2.55 bits per heavy atom. The minimum absolute atomic E-state index is 0.646. The van der Waals surface area contributed by atoms with Crippen molar-refractivity contribution in [1.29, 1.82) is 0 Å². The van der Waals surface area contributed by atoms with Crippen molar-refractivity contribution < 1.29 is 4.74 Å². The molecule has 0 saturated carbocycles. The number of nitrogens with zero attached hydrogens (tertiary/aromatic N) is 2. The standard InChI is InChI=1S/C15H21N3OS/c1-2-10-16-11-8-14-17-18-15(20-14)9-12-19-13-6-4-3-5-7-13/h3-7,16H,2,8-12H2,1H3. The summed E-state index contributed by atoms with van der Waals surface area (Å²) in [5, 5.41) is 13.9. The molecular formula is C15H21N3OS. The molecule has 0 aliphatic rings. The summed E-state index contributed by atoms with van der Waals surface area (Å²) in [5.41, 5.74) is 0. The second-order valence-electron chi connectivity index (χ2n) is 4.50. The molecule has 0 fully saturated rings. The molecule has 1 heterocycles. The lowest BCUT2D eigenvalue weighted by atomic mass is 10.3. The van der Waals surface area contributed by atoms with Crippen LogP contribution in [0, 0.1) is 0 Å². The molecule has 0 spiro atoms. The normalized spacial score (nSPS) is 10.7. The highest BCUT2D eigenvalue weighted by Crippen LogP contribution is 2.12. The van der Waals surface area contributed by atoms with Gasteiger partial charge in [0.25, 0.3) is 0 Å². The fourth-order valence-corrected chi connectivity index (χ4v) is 2.59. The first-order valence-corrected chi connectivity index (χ1v) is 7.90. The molecule has 0 aliphatic heterocycles. The largest absolute Gasteiger partial charge is 0.493 e. The highest BCUT2D eigenvalue weighted by Gasteiger charge is 2.04. The number of aromatic nitrogens is 2. The predicted octanol–water partition coefficient (Wildman–Crippen LogP) is 2.70. The van der Waals surface area contributed by atoms with E-state index < -0.39 is 0 Å². The van der Waals surface area contributed by atoms with Gasteiger partial charge in [0.1, 0.15) is 15.8 Å². The molecule has 0 radical (unpaired) electrons. The van der Waals surface area contributed by atoms with Gasteiger partial charge in [-0.3, -0.25) is 0 Å². The summed E-state index contributed by atoms with van der Waals surface area (Å²) in [6.45, 7) is 4.86. The number of benzene rings is 1. The minimum Gasteiger partial charge on any atom is -0.493 e. The van der Waals surface area contributed by atoms with Crippen molar-refractivity contribution in [2.75, 3.05) is 19.7 Å². The molecule has 2 aromatic rings. The molecule has 0 atom stereocenters. The topological polar surface area (TPSA) is 47.0 Å². The lowest BCUT2D eigenvalue weighted by Gasteiger charge is -2.03. The van der Waals surface area contributed by atoms with Crippen LogP contribution in [0.25, 0.3) is 0 Å². The molecule has 0 saturated heterocycles. The fraction of sp³-hybridized carbons (Fsp3) is 0.467. The van der Waals surface area contributed by atoms with Gasteiger partial charge in [-0.2, -0.15) is 0 Å². The summed E-state index contributed by atoms with van der Waals surface area (Å²) in [7, 11) is 0. The molecule has 108 valence electrons. The van der Waals surface area contributed by atoms with Crippen LogP contribution in [0.5, 0.6) is 5.75 Å². The van der Waals surface area contributed by atoms with Crippen molar-refractivity contribution in [3.63, 3.8) is 0 Å². The first-order valence-electron chi connectivity index (χ1n) is 7.08. The lowest BCUT2D eigenvalue weighted by Crippen LogP contribution is -2.17. The Labute approximate surface area is 124 Å². The summed E-state index contributed by atoms with van der Waals surface area (Å²) in [4.78, 5) is 0. The third-order valence-corrected chi connectivity index (χ3v) is 3.82. The summed E-state index contributed by atoms with van der Waals surface area (Å²) in [6, 6.07) is 9.86. The maximum Gasteiger partial charge on any atom is 0.120 e. The van der Waals surface area contributed by atoms with E-state index in [1.807, 2.05) is 30.3 Å². The molecular weight excluding hydrogens is 270 g/mol. The Hall–Kier alpha value is -1.46. The number of ether oxygens (including phenoxy) is 1. The van der Waals surface area contributed by atoms with E-state index in [2.05, 4.69) is 22.4 Å². The van der Waals surface area contributed by atoms with Crippen LogP contribution >= 0.6 is 11.3 Å². The van der Waals surface area contributed by atoms with Crippen molar-refractivity contribution in [3.8, 4) is 5.75 Å². The van der Waals surface area contributed by atoms with Crippen LogP contribution in [0.2, 0.25) is 0 Å². The van der Waals surface area contributed by atoms with E-state index in [1.54, 1.807) is 11.3 Å². The van der Waals surface area contributed by atoms with E-state index in [0.717, 1.165) is 48.1 Å². The zero-order chi connectivity index (χ0) is 14.0. The van der Waals surface area contributed by atoms with Gasteiger partial charge in [0.2, 0.25) is 0 Å². The number of hydrogen-bond donors (Lipinski definition) is 1. The summed E-state index contributed by atoms with van der Waals surface area (Å²) < 4.78 is 5.66. The molecule has 1 aromatic carbocycles. The van der Waals surface area contributed by atoms with Crippen LogP contribution in [0.3, 0.4) is 0 Å². The Morgan fingerprint density at radius 2 is 1.80 bits per heavy atom. The van der Waals surface area contributed by atoms with Crippen molar-refractivity contribution in [1.82, 2.24) is 15.5 Å². The van der Waals surface area contributed by atoms with E-state index >= 15 is 0 Å². The second kappa shape index (κ2) is 8.66. The van der Waals surface area contributed by atoms with Crippen molar-refractivity contribution in [2.45, 2.75) is 26.2 Å². The molecule has 0 unspecified atom stereocenters. The second-order valence-corrected chi connectivity index (χ2v) is 5.65. The highest BCUT2D eigenvalue weighted by molar-refractivity contribution is 7.11. The SMILES string of the molecule is CCCNCCc1nnc(CCOc2ccccc2)s1. The van der Waals surface area contributed by atoms with Crippen LogP contribution in [-0.2, 0) is 12.8 Å². The van der Waals surface area contributed by atoms with Gasteiger partial charge in [-0.05, 0) is 25.1 Å². The van der Waals surface area contributed by atoms with Crippen LogP contribution in [0.4, 0.5) is 0 Å².